The molecule has 0 saturated heterocycles. The van der Waals surface area contributed by atoms with E-state index in [1.54, 1.807) is 65.0 Å². The summed E-state index contributed by atoms with van der Waals surface area (Å²) in [6.45, 7) is 8.53. The standard InChI is InChI=1S/C22H24ClNO5S/c1-12(2)28-21(26)18-14(5)19(22(27)29-13(3)4)30-20(18)24-17(25)11-10-15-8-6-7-9-16(15)23/h6-13H,1-5H3,(H,24,25)/b11-10+. The molecule has 0 aliphatic heterocycles. The van der Waals surface area contributed by atoms with Crippen LogP contribution in [0, 0.1) is 6.92 Å². The molecule has 0 radical (unpaired) electrons. The van der Waals surface area contributed by atoms with Crippen molar-refractivity contribution in [2.45, 2.75) is 46.8 Å². The van der Waals surface area contributed by atoms with Gasteiger partial charge < -0.3 is 14.8 Å². The number of anilines is 1. The van der Waals surface area contributed by atoms with Gasteiger partial charge in [-0.1, -0.05) is 29.8 Å². The molecule has 1 aromatic carbocycles. The van der Waals surface area contributed by atoms with Gasteiger partial charge >= 0.3 is 11.9 Å². The monoisotopic (exact) mass is 449 g/mol. The van der Waals surface area contributed by atoms with Crippen LogP contribution in [0.3, 0.4) is 0 Å². The fourth-order valence-electron chi connectivity index (χ4n) is 2.51. The van der Waals surface area contributed by atoms with E-state index in [2.05, 4.69) is 5.32 Å². The van der Waals surface area contributed by atoms with E-state index >= 15 is 0 Å². The van der Waals surface area contributed by atoms with Gasteiger partial charge in [-0.15, -0.1) is 11.3 Å². The number of halogens is 1. The highest BCUT2D eigenvalue weighted by atomic mass is 35.5. The molecule has 0 fully saturated rings. The highest BCUT2D eigenvalue weighted by Gasteiger charge is 2.28. The third kappa shape index (κ3) is 6.18. The molecule has 1 heterocycles. The number of benzene rings is 1. The normalized spacial score (nSPS) is 11.2. The Morgan fingerprint density at radius 1 is 1.03 bits per heavy atom. The van der Waals surface area contributed by atoms with E-state index in [9.17, 15) is 14.4 Å². The van der Waals surface area contributed by atoms with Gasteiger partial charge in [0.05, 0.1) is 17.8 Å². The molecule has 0 bridgehead atoms. The molecule has 2 aromatic rings. The van der Waals surface area contributed by atoms with Gasteiger partial charge in [-0.25, -0.2) is 9.59 Å². The quantitative estimate of drug-likeness (QED) is 0.446. The lowest BCUT2D eigenvalue weighted by molar-refractivity contribution is -0.111. The lowest BCUT2D eigenvalue weighted by Crippen LogP contribution is -2.16. The van der Waals surface area contributed by atoms with E-state index in [1.807, 2.05) is 0 Å². The van der Waals surface area contributed by atoms with E-state index < -0.39 is 17.8 Å². The molecule has 1 aromatic heterocycles. The van der Waals surface area contributed by atoms with Gasteiger partial charge in [0, 0.05) is 11.1 Å². The number of rotatable bonds is 7. The number of carbonyl (C=O) groups is 3. The molecule has 1 amide bonds. The smallest absolute Gasteiger partial charge is 0.348 e. The zero-order valence-electron chi connectivity index (χ0n) is 17.4. The molecule has 6 nitrogen and oxygen atoms in total. The van der Waals surface area contributed by atoms with Crippen molar-refractivity contribution >= 4 is 51.9 Å². The first-order chi connectivity index (χ1) is 14.1. The lowest BCUT2D eigenvalue weighted by Gasteiger charge is -2.10. The van der Waals surface area contributed by atoms with Crippen molar-refractivity contribution in [3.8, 4) is 0 Å². The topological polar surface area (TPSA) is 81.7 Å². The van der Waals surface area contributed by atoms with Crippen molar-refractivity contribution in [1.82, 2.24) is 0 Å². The molecule has 0 aliphatic carbocycles. The average Bonchev–Trinajstić information content (AvgIpc) is 2.96. The van der Waals surface area contributed by atoms with E-state index in [0.29, 0.717) is 16.1 Å². The minimum Gasteiger partial charge on any atom is -0.459 e. The first-order valence-corrected chi connectivity index (χ1v) is 10.6. The first kappa shape index (κ1) is 23.6. The zero-order valence-corrected chi connectivity index (χ0v) is 19.0. The predicted octanol–water partition coefficient (Wildman–Crippen LogP) is 5.49. The molecule has 0 saturated carbocycles. The number of carbonyl (C=O) groups excluding carboxylic acids is 3. The maximum absolute atomic E-state index is 12.6. The van der Waals surface area contributed by atoms with Gasteiger partial charge in [-0.2, -0.15) is 0 Å². The summed E-state index contributed by atoms with van der Waals surface area (Å²) < 4.78 is 10.5. The molecule has 2 rings (SSSR count). The van der Waals surface area contributed by atoms with Crippen molar-refractivity contribution in [2.75, 3.05) is 5.32 Å². The molecule has 1 N–H and O–H groups in total. The van der Waals surface area contributed by atoms with Crippen LogP contribution >= 0.6 is 22.9 Å². The average molecular weight is 450 g/mol. The Balaban J connectivity index is 2.34. The van der Waals surface area contributed by atoms with Crippen molar-refractivity contribution in [3.05, 3.63) is 56.9 Å². The van der Waals surface area contributed by atoms with Gasteiger partial charge in [-0.3, -0.25) is 4.79 Å². The van der Waals surface area contributed by atoms with Crippen LogP contribution in [0.5, 0.6) is 0 Å². The summed E-state index contributed by atoms with van der Waals surface area (Å²) in [6.07, 6.45) is 2.20. The van der Waals surface area contributed by atoms with Crippen LogP contribution in [-0.4, -0.2) is 30.1 Å². The van der Waals surface area contributed by atoms with Gasteiger partial charge in [0.1, 0.15) is 9.88 Å². The summed E-state index contributed by atoms with van der Waals surface area (Å²) in [5, 5.41) is 3.40. The van der Waals surface area contributed by atoms with Gasteiger partial charge in [-0.05, 0) is 57.9 Å². The van der Waals surface area contributed by atoms with Crippen molar-refractivity contribution in [2.24, 2.45) is 0 Å². The summed E-state index contributed by atoms with van der Waals surface area (Å²) in [5.74, 6) is -1.65. The van der Waals surface area contributed by atoms with Gasteiger partial charge in [0.25, 0.3) is 0 Å². The Hall–Kier alpha value is -2.64. The maximum atomic E-state index is 12.6. The van der Waals surface area contributed by atoms with Gasteiger partial charge in [0.15, 0.2) is 0 Å². The fourth-order valence-corrected chi connectivity index (χ4v) is 3.79. The fraction of sp³-hybridized carbons (Fsp3) is 0.318. The minimum absolute atomic E-state index is 0.142. The minimum atomic E-state index is -0.618. The number of nitrogens with one attached hydrogen (secondary N) is 1. The zero-order chi connectivity index (χ0) is 22.4. The highest BCUT2D eigenvalue weighted by molar-refractivity contribution is 7.18. The van der Waals surface area contributed by atoms with Crippen LogP contribution < -0.4 is 5.32 Å². The maximum Gasteiger partial charge on any atom is 0.348 e. The van der Waals surface area contributed by atoms with E-state index in [0.717, 1.165) is 11.3 Å². The summed E-state index contributed by atoms with van der Waals surface area (Å²) in [6, 6.07) is 7.08. The van der Waals surface area contributed by atoms with Crippen LogP contribution in [0.2, 0.25) is 5.02 Å². The number of amides is 1. The van der Waals surface area contributed by atoms with Crippen LogP contribution in [0.25, 0.3) is 6.08 Å². The molecule has 0 spiro atoms. The van der Waals surface area contributed by atoms with Crippen molar-refractivity contribution in [3.63, 3.8) is 0 Å². The Morgan fingerprint density at radius 2 is 1.63 bits per heavy atom. The molecule has 0 unspecified atom stereocenters. The van der Waals surface area contributed by atoms with Gasteiger partial charge in [0.2, 0.25) is 5.91 Å². The highest BCUT2D eigenvalue weighted by Crippen LogP contribution is 2.34. The molecule has 160 valence electrons. The number of thiophene rings is 1. The van der Waals surface area contributed by atoms with Crippen LogP contribution in [-0.2, 0) is 14.3 Å². The van der Waals surface area contributed by atoms with E-state index in [1.165, 1.54) is 6.08 Å². The summed E-state index contributed by atoms with van der Waals surface area (Å²) in [7, 11) is 0. The second-order valence-corrected chi connectivity index (χ2v) is 8.44. The van der Waals surface area contributed by atoms with Crippen LogP contribution in [0.4, 0.5) is 5.00 Å². The largest absolute Gasteiger partial charge is 0.459 e. The summed E-state index contributed by atoms with van der Waals surface area (Å²) in [4.78, 5) is 37.7. The Kier molecular flexibility index (Phi) is 8.20. The number of esters is 2. The second kappa shape index (κ2) is 10.4. The molecule has 8 heteroatoms. The Bertz CT molecular complexity index is 978. The third-order valence-corrected chi connectivity index (χ3v) is 5.31. The number of hydrogen-bond acceptors (Lipinski definition) is 6. The van der Waals surface area contributed by atoms with Crippen molar-refractivity contribution < 1.29 is 23.9 Å². The first-order valence-electron chi connectivity index (χ1n) is 9.39. The van der Waals surface area contributed by atoms with E-state index in [-0.39, 0.29) is 27.6 Å². The third-order valence-electron chi connectivity index (χ3n) is 3.78. The molecule has 0 aliphatic rings. The summed E-state index contributed by atoms with van der Waals surface area (Å²) in [5.41, 5.74) is 1.22. The molecule has 0 atom stereocenters. The predicted molar refractivity (Wildman–Crippen MR) is 119 cm³/mol. The number of hydrogen-bond donors (Lipinski definition) is 1. The Labute approximate surface area is 184 Å². The van der Waals surface area contributed by atoms with Crippen molar-refractivity contribution in [1.29, 1.82) is 0 Å². The van der Waals surface area contributed by atoms with Crippen LogP contribution in [0.1, 0.15) is 58.9 Å². The lowest BCUT2D eigenvalue weighted by atomic mass is 10.1. The molecular weight excluding hydrogens is 426 g/mol. The Morgan fingerprint density at radius 3 is 2.23 bits per heavy atom. The van der Waals surface area contributed by atoms with E-state index in [4.69, 9.17) is 21.1 Å². The summed E-state index contributed by atoms with van der Waals surface area (Å²) >= 11 is 7.07. The van der Waals surface area contributed by atoms with Crippen LogP contribution in [0.15, 0.2) is 30.3 Å². The molecular formula is C22H24ClNO5S. The number of ether oxygens (including phenoxy) is 2. The second-order valence-electron chi connectivity index (χ2n) is 7.01. The molecule has 30 heavy (non-hydrogen) atoms. The SMILES string of the molecule is Cc1c(C(=O)OC(C)C)sc(NC(=O)/C=C/c2ccccc2Cl)c1C(=O)OC(C)C.